The molecule has 0 saturated carbocycles. The van der Waals surface area contributed by atoms with Crippen molar-refractivity contribution in [3.8, 4) is 11.5 Å². The average molecular weight is 480 g/mol. The van der Waals surface area contributed by atoms with Crippen LogP contribution in [0.3, 0.4) is 0 Å². The predicted molar refractivity (Wildman–Crippen MR) is 124 cm³/mol. The molecule has 1 N–H and O–H groups in total. The number of hydrogen-bond donors (Lipinski definition) is 2. The lowest BCUT2D eigenvalue weighted by atomic mass is 10.0. The third-order valence-electron chi connectivity index (χ3n) is 5.31. The summed E-state index contributed by atoms with van der Waals surface area (Å²) >= 11 is 5.39. The molecule has 2 aromatic heterocycles. The van der Waals surface area contributed by atoms with E-state index in [1.807, 2.05) is 30.3 Å². The van der Waals surface area contributed by atoms with Gasteiger partial charge in [0.1, 0.15) is 17.1 Å². The fraction of sp³-hybridized carbons (Fsp3) is 0.182. The molecule has 2 atom stereocenters. The van der Waals surface area contributed by atoms with E-state index in [1.54, 1.807) is 24.5 Å². The topological polar surface area (TPSA) is 118 Å². The number of pyridine rings is 1. The zero-order chi connectivity index (χ0) is 22.9. The summed E-state index contributed by atoms with van der Waals surface area (Å²) in [6.45, 7) is 0. The standard InChI is InChI=1S/C22H17N5O4S2/c28-15(10-12-4-2-1-3-5-12)24-16-20(29)27-17(22(30)32)14(11-33-21(16)27)19-26-25-18(31-19)13-6-8-23-9-7-13/h1-9,16,21H,10-11H2,(H,24,28)(H,30,32)/t16-,21-/m1/s1. The number of β-lactam (4-membered cyclic amide) rings is 1. The normalized spacial score (nSPS) is 19.7. The number of thiol groups is 1. The van der Waals surface area contributed by atoms with E-state index < -0.39 is 16.5 Å². The lowest BCUT2D eigenvalue weighted by Gasteiger charge is -2.49. The van der Waals surface area contributed by atoms with Crippen molar-refractivity contribution in [2.24, 2.45) is 0 Å². The van der Waals surface area contributed by atoms with E-state index >= 15 is 0 Å². The van der Waals surface area contributed by atoms with Crippen molar-refractivity contribution in [3.63, 3.8) is 0 Å². The number of benzene rings is 1. The number of amides is 2. The van der Waals surface area contributed by atoms with Gasteiger partial charge in [-0.1, -0.05) is 43.0 Å². The molecule has 1 saturated heterocycles. The second-order valence-corrected chi connectivity index (χ2v) is 8.91. The van der Waals surface area contributed by atoms with Crippen molar-refractivity contribution in [1.82, 2.24) is 25.4 Å². The second-order valence-electron chi connectivity index (χ2n) is 7.40. The first-order chi connectivity index (χ1) is 16.0. The summed E-state index contributed by atoms with van der Waals surface area (Å²) in [6, 6.07) is 12.0. The number of nitrogens with one attached hydrogen (secondary N) is 1. The third kappa shape index (κ3) is 4.05. The number of nitrogens with zero attached hydrogens (tertiary/aromatic N) is 4. The van der Waals surface area contributed by atoms with Crippen molar-refractivity contribution in [3.05, 3.63) is 72.0 Å². The van der Waals surface area contributed by atoms with Crippen LogP contribution >= 0.6 is 24.4 Å². The molecule has 3 aromatic rings. The molecular weight excluding hydrogens is 462 g/mol. The predicted octanol–water partition coefficient (Wildman–Crippen LogP) is 1.94. The van der Waals surface area contributed by atoms with Crippen LogP contribution in [0.25, 0.3) is 17.0 Å². The molecule has 0 unspecified atom stereocenters. The summed E-state index contributed by atoms with van der Waals surface area (Å²) in [6.07, 6.45) is 3.38. The van der Waals surface area contributed by atoms with Crippen molar-refractivity contribution >= 4 is 46.9 Å². The van der Waals surface area contributed by atoms with Gasteiger partial charge in [0.05, 0.1) is 12.0 Å². The summed E-state index contributed by atoms with van der Waals surface area (Å²) in [5, 5.41) is 9.91. The molecule has 2 aliphatic rings. The minimum atomic E-state index is -0.717. The smallest absolute Gasteiger partial charge is 0.253 e. The first kappa shape index (κ1) is 21.4. The molecule has 0 spiro atoms. The average Bonchev–Trinajstić information content (AvgIpc) is 3.33. The van der Waals surface area contributed by atoms with E-state index in [-0.39, 0.29) is 35.7 Å². The summed E-state index contributed by atoms with van der Waals surface area (Å²) in [4.78, 5) is 43.0. The Kier molecular flexibility index (Phi) is 5.73. The Balaban J connectivity index is 1.36. The molecule has 0 bridgehead atoms. The Morgan fingerprint density at radius 1 is 1.12 bits per heavy atom. The summed E-state index contributed by atoms with van der Waals surface area (Å²) in [5.74, 6) is 0.136. The number of carbonyl (C=O) groups is 3. The number of hydrogen-bond acceptors (Lipinski definition) is 8. The fourth-order valence-corrected chi connectivity index (χ4v) is 5.32. The van der Waals surface area contributed by atoms with E-state index in [0.717, 1.165) is 5.56 Å². The quantitative estimate of drug-likeness (QED) is 0.407. The maximum absolute atomic E-state index is 12.9. The fourth-order valence-electron chi connectivity index (χ4n) is 3.75. The van der Waals surface area contributed by atoms with Gasteiger partial charge in [0.2, 0.25) is 22.8 Å². The number of rotatable bonds is 6. The largest absolute Gasteiger partial charge is 0.416 e. The van der Waals surface area contributed by atoms with Gasteiger partial charge in [0.25, 0.3) is 5.91 Å². The van der Waals surface area contributed by atoms with Gasteiger partial charge in [-0.3, -0.25) is 24.3 Å². The molecule has 2 aliphatic heterocycles. The molecular formula is C22H17N5O4S2. The van der Waals surface area contributed by atoms with Crippen LogP contribution in [0.15, 0.2) is 65.0 Å². The molecule has 4 heterocycles. The van der Waals surface area contributed by atoms with Gasteiger partial charge in [-0.2, -0.15) is 0 Å². The maximum atomic E-state index is 12.9. The van der Waals surface area contributed by atoms with Gasteiger partial charge < -0.3 is 9.73 Å². The van der Waals surface area contributed by atoms with Gasteiger partial charge in [-0.25, -0.2) is 0 Å². The summed E-state index contributed by atoms with van der Waals surface area (Å²) in [5.41, 5.74) is 2.08. The number of thioether (sulfide) groups is 1. The highest BCUT2D eigenvalue weighted by Crippen LogP contribution is 2.43. The van der Waals surface area contributed by atoms with E-state index in [9.17, 15) is 14.4 Å². The third-order valence-corrected chi connectivity index (χ3v) is 6.80. The van der Waals surface area contributed by atoms with Crippen LogP contribution in [0.5, 0.6) is 0 Å². The summed E-state index contributed by atoms with van der Waals surface area (Å²) in [7, 11) is 0. The first-order valence-electron chi connectivity index (χ1n) is 10.0. The van der Waals surface area contributed by atoms with Gasteiger partial charge in [0.15, 0.2) is 0 Å². The zero-order valence-electron chi connectivity index (χ0n) is 17.0. The molecule has 166 valence electrons. The van der Waals surface area contributed by atoms with Crippen LogP contribution in [-0.2, 0) is 20.8 Å². The molecule has 0 aliphatic carbocycles. The molecule has 11 heteroatoms. The van der Waals surface area contributed by atoms with Crippen molar-refractivity contribution in [2.45, 2.75) is 17.8 Å². The molecule has 5 rings (SSSR count). The highest BCUT2D eigenvalue weighted by atomic mass is 32.2. The van der Waals surface area contributed by atoms with E-state index in [4.69, 9.17) is 4.42 Å². The Morgan fingerprint density at radius 3 is 2.58 bits per heavy atom. The monoisotopic (exact) mass is 479 g/mol. The van der Waals surface area contributed by atoms with Crippen LogP contribution in [0.1, 0.15) is 11.5 Å². The van der Waals surface area contributed by atoms with Crippen LogP contribution < -0.4 is 5.32 Å². The highest BCUT2D eigenvalue weighted by Gasteiger charge is 2.54. The van der Waals surface area contributed by atoms with E-state index in [2.05, 4.69) is 33.1 Å². The Bertz CT molecular complexity index is 1260. The van der Waals surface area contributed by atoms with E-state index in [1.165, 1.54) is 16.7 Å². The molecule has 2 amide bonds. The number of fused-ring (bicyclic) bond motifs is 1. The SMILES string of the molecule is O=C(Cc1ccccc1)N[C@@H]1C(=O)N2C(C(=O)S)=C(c3nnc(-c4ccncc4)o3)CS[C@H]12. The van der Waals surface area contributed by atoms with Crippen LogP contribution in [0.4, 0.5) is 0 Å². The minimum Gasteiger partial charge on any atom is -0.416 e. The Morgan fingerprint density at radius 2 is 1.85 bits per heavy atom. The minimum absolute atomic E-state index is 0.102. The zero-order valence-corrected chi connectivity index (χ0v) is 18.8. The van der Waals surface area contributed by atoms with Crippen LogP contribution in [-0.4, -0.2) is 54.2 Å². The van der Waals surface area contributed by atoms with E-state index in [0.29, 0.717) is 16.9 Å². The molecule has 1 fully saturated rings. The Labute approximate surface area is 198 Å². The van der Waals surface area contributed by atoms with Crippen molar-refractivity contribution in [1.29, 1.82) is 0 Å². The number of aromatic nitrogens is 3. The van der Waals surface area contributed by atoms with Crippen LogP contribution in [0, 0.1) is 0 Å². The van der Waals surface area contributed by atoms with Gasteiger partial charge in [-0.05, 0) is 17.7 Å². The molecule has 33 heavy (non-hydrogen) atoms. The first-order valence-corrected chi connectivity index (χ1v) is 11.5. The molecule has 0 radical (unpaired) electrons. The highest BCUT2D eigenvalue weighted by molar-refractivity contribution is 8.00. The Hall–Kier alpha value is -3.44. The molecule has 9 nitrogen and oxygen atoms in total. The van der Waals surface area contributed by atoms with Crippen molar-refractivity contribution < 1.29 is 18.8 Å². The molecule has 1 aromatic carbocycles. The van der Waals surface area contributed by atoms with Crippen molar-refractivity contribution in [2.75, 3.05) is 5.75 Å². The lowest BCUT2D eigenvalue weighted by Crippen LogP contribution is -2.70. The van der Waals surface area contributed by atoms with Gasteiger partial charge in [-0.15, -0.1) is 22.0 Å². The van der Waals surface area contributed by atoms with Crippen LogP contribution in [0.2, 0.25) is 0 Å². The second kappa shape index (κ2) is 8.83. The maximum Gasteiger partial charge on any atom is 0.253 e. The summed E-state index contributed by atoms with van der Waals surface area (Å²) < 4.78 is 5.78. The number of carbonyl (C=O) groups excluding carboxylic acids is 3. The lowest BCUT2D eigenvalue weighted by molar-refractivity contribution is -0.146. The van der Waals surface area contributed by atoms with Gasteiger partial charge in [0, 0.05) is 23.7 Å². The van der Waals surface area contributed by atoms with Gasteiger partial charge >= 0.3 is 0 Å².